The van der Waals surface area contributed by atoms with Gasteiger partial charge in [-0.15, -0.1) is 0 Å². The average Bonchev–Trinajstić information content (AvgIpc) is 2.65. The van der Waals surface area contributed by atoms with Crippen molar-refractivity contribution >= 4 is 5.91 Å². The second-order valence-corrected chi connectivity index (χ2v) is 6.14. The topological polar surface area (TPSA) is 54.5 Å². The summed E-state index contributed by atoms with van der Waals surface area (Å²) >= 11 is 0. The third-order valence-electron chi connectivity index (χ3n) is 4.55. The Morgan fingerprint density at radius 2 is 2.08 bits per heavy atom. The third kappa shape index (κ3) is 3.74. The number of ether oxygens (including phenoxy) is 1. The van der Waals surface area contributed by atoms with Crippen molar-refractivity contribution in [2.24, 2.45) is 0 Å². The van der Waals surface area contributed by atoms with Gasteiger partial charge in [0.2, 0.25) is 5.88 Å². The summed E-state index contributed by atoms with van der Waals surface area (Å²) in [5, 5.41) is 3.00. The molecule has 5 heteroatoms. The molecule has 1 atom stereocenters. The summed E-state index contributed by atoms with van der Waals surface area (Å²) in [5.41, 5.74) is 3.38. The van der Waals surface area contributed by atoms with E-state index in [0.717, 1.165) is 19.5 Å². The molecule has 2 aromatic rings. The minimum atomic E-state index is -0.102. The Morgan fingerprint density at radius 1 is 1.29 bits per heavy atom. The highest BCUT2D eigenvalue weighted by Crippen LogP contribution is 2.20. The fraction of sp³-hybridized carbons (Fsp3) is 0.368. The van der Waals surface area contributed by atoms with Crippen LogP contribution in [0.1, 0.15) is 28.4 Å². The zero-order valence-corrected chi connectivity index (χ0v) is 14.2. The summed E-state index contributed by atoms with van der Waals surface area (Å²) in [4.78, 5) is 18.7. The van der Waals surface area contributed by atoms with Gasteiger partial charge < -0.3 is 10.1 Å². The Kier molecular flexibility index (Phi) is 5.11. The number of nitrogens with one attached hydrogen (secondary N) is 1. The van der Waals surface area contributed by atoms with Gasteiger partial charge in [-0.25, -0.2) is 4.98 Å². The first-order valence-electron chi connectivity index (χ1n) is 8.26. The van der Waals surface area contributed by atoms with Crippen molar-refractivity contribution in [1.82, 2.24) is 15.2 Å². The fourth-order valence-electron chi connectivity index (χ4n) is 3.00. The maximum Gasteiger partial charge on any atom is 0.252 e. The van der Waals surface area contributed by atoms with E-state index in [1.165, 1.54) is 17.3 Å². The lowest BCUT2D eigenvalue weighted by molar-refractivity contribution is 0.0932. The highest BCUT2D eigenvalue weighted by Gasteiger charge is 2.20. The maximum atomic E-state index is 12.2. The Labute approximate surface area is 142 Å². The Hall–Kier alpha value is -2.40. The SMILES string of the molecule is COc1ccc(C(=O)NCC(C)N2CCc3ccccc3C2)cn1. The molecule has 1 amide bonds. The van der Waals surface area contributed by atoms with Crippen molar-refractivity contribution in [3.8, 4) is 5.88 Å². The number of rotatable bonds is 5. The van der Waals surface area contributed by atoms with Crippen molar-refractivity contribution in [2.75, 3.05) is 20.2 Å². The molecule has 0 bridgehead atoms. The van der Waals surface area contributed by atoms with Crippen LogP contribution in [0, 0.1) is 0 Å². The standard InChI is InChI=1S/C19H23N3O2/c1-14(22-10-9-15-5-3-4-6-17(15)13-22)11-21-19(23)16-7-8-18(24-2)20-12-16/h3-8,12,14H,9-11,13H2,1-2H3,(H,21,23). The smallest absolute Gasteiger partial charge is 0.252 e. The Balaban J connectivity index is 1.53. The molecule has 3 rings (SSSR count). The van der Waals surface area contributed by atoms with Crippen molar-refractivity contribution in [2.45, 2.75) is 25.9 Å². The lowest BCUT2D eigenvalue weighted by Crippen LogP contribution is -2.44. The molecule has 24 heavy (non-hydrogen) atoms. The monoisotopic (exact) mass is 325 g/mol. The zero-order chi connectivity index (χ0) is 16.9. The van der Waals surface area contributed by atoms with Crippen LogP contribution in [0.3, 0.4) is 0 Å². The van der Waals surface area contributed by atoms with Crippen LogP contribution in [0.4, 0.5) is 0 Å². The van der Waals surface area contributed by atoms with Crippen LogP contribution in [0.5, 0.6) is 5.88 Å². The molecular weight excluding hydrogens is 302 g/mol. The van der Waals surface area contributed by atoms with Gasteiger partial charge in [0.05, 0.1) is 12.7 Å². The molecule has 2 heterocycles. The molecular formula is C19H23N3O2. The van der Waals surface area contributed by atoms with E-state index in [1.54, 1.807) is 19.2 Å². The minimum Gasteiger partial charge on any atom is -0.481 e. The predicted octanol–water partition coefficient (Wildman–Crippen LogP) is 2.27. The molecule has 0 saturated carbocycles. The van der Waals surface area contributed by atoms with Crippen LogP contribution in [0.2, 0.25) is 0 Å². The van der Waals surface area contributed by atoms with E-state index in [1.807, 2.05) is 0 Å². The molecule has 1 N–H and O–H groups in total. The highest BCUT2D eigenvalue weighted by atomic mass is 16.5. The van der Waals surface area contributed by atoms with Crippen LogP contribution in [-0.2, 0) is 13.0 Å². The predicted molar refractivity (Wildman–Crippen MR) is 93.1 cm³/mol. The number of pyridine rings is 1. The zero-order valence-electron chi connectivity index (χ0n) is 14.2. The number of amides is 1. The summed E-state index contributed by atoms with van der Waals surface area (Å²) in [6.07, 6.45) is 2.60. The molecule has 1 aliphatic heterocycles. The van der Waals surface area contributed by atoms with Gasteiger partial charge in [-0.1, -0.05) is 24.3 Å². The lowest BCUT2D eigenvalue weighted by atomic mass is 9.99. The summed E-state index contributed by atoms with van der Waals surface area (Å²) in [6.45, 7) is 4.74. The van der Waals surface area contributed by atoms with Gasteiger partial charge in [0.15, 0.2) is 0 Å². The van der Waals surface area contributed by atoms with Crippen LogP contribution in [-0.4, -0.2) is 42.0 Å². The lowest BCUT2D eigenvalue weighted by Gasteiger charge is -2.33. The van der Waals surface area contributed by atoms with Crippen LogP contribution in [0.25, 0.3) is 0 Å². The van der Waals surface area contributed by atoms with Crippen molar-refractivity contribution in [1.29, 1.82) is 0 Å². The first-order chi connectivity index (χ1) is 11.7. The van der Waals surface area contributed by atoms with Crippen molar-refractivity contribution in [3.63, 3.8) is 0 Å². The number of methoxy groups -OCH3 is 1. The molecule has 1 aromatic carbocycles. The van der Waals surface area contributed by atoms with Crippen LogP contribution >= 0.6 is 0 Å². The molecule has 126 valence electrons. The molecule has 5 nitrogen and oxygen atoms in total. The molecule has 1 aromatic heterocycles. The Morgan fingerprint density at radius 3 is 2.79 bits per heavy atom. The second kappa shape index (κ2) is 7.45. The maximum absolute atomic E-state index is 12.2. The summed E-state index contributed by atoms with van der Waals surface area (Å²) < 4.78 is 5.01. The highest BCUT2D eigenvalue weighted by molar-refractivity contribution is 5.93. The van der Waals surface area contributed by atoms with Gasteiger partial charge in [0.1, 0.15) is 0 Å². The Bertz CT molecular complexity index is 700. The van der Waals surface area contributed by atoms with Gasteiger partial charge in [0, 0.05) is 37.9 Å². The first kappa shape index (κ1) is 16.5. The van der Waals surface area contributed by atoms with Gasteiger partial charge in [-0.05, 0) is 30.5 Å². The molecule has 0 fully saturated rings. The fourth-order valence-corrected chi connectivity index (χ4v) is 3.00. The number of hydrogen-bond acceptors (Lipinski definition) is 4. The van der Waals surface area contributed by atoms with Gasteiger partial charge in [-0.2, -0.15) is 0 Å². The summed E-state index contributed by atoms with van der Waals surface area (Å²) in [5.74, 6) is 0.404. The van der Waals surface area contributed by atoms with E-state index >= 15 is 0 Å². The average molecular weight is 325 g/mol. The van der Waals surface area contributed by atoms with E-state index in [9.17, 15) is 4.79 Å². The number of nitrogens with zero attached hydrogens (tertiary/aromatic N) is 2. The third-order valence-corrected chi connectivity index (χ3v) is 4.55. The normalized spacial score (nSPS) is 15.4. The van der Waals surface area contributed by atoms with E-state index in [2.05, 4.69) is 46.4 Å². The molecule has 0 spiro atoms. The first-order valence-corrected chi connectivity index (χ1v) is 8.26. The van der Waals surface area contributed by atoms with E-state index < -0.39 is 0 Å². The number of carbonyl (C=O) groups excluding carboxylic acids is 1. The molecule has 0 aliphatic carbocycles. The molecule has 1 aliphatic rings. The summed E-state index contributed by atoms with van der Waals surface area (Å²) in [6, 6.07) is 12.3. The molecule has 0 radical (unpaired) electrons. The van der Waals surface area contributed by atoms with Gasteiger partial charge in [0.25, 0.3) is 5.91 Å². The van der Waals surface area contributed by atoms with Crippen LogP contribution < -0.4 is 10.1 Å². The van der Waals surface area contributed by atoms with E-state index in [4.69, 9.17) is 4.74 Å². The van der Waals surface area contributed by atoms with Crippen molar-refractivity contribution in [3.05, 3.63) is 59.3 Å². The quantitative estimate of drug-likeness (QED) is 0.916. The summed E-state index contributed by atoms with van der Waals surface area (Å²) in [7, 11) is 1.56. The number of fused-ring (bicyclic) bond motifs is 1. The van der Waals surface area contributed by atoms with E-state index in [0.29, 0.717) is 18.0 Å². The molecule has 1 unspecified atom stereocenters. The van der Waals surface area contributed by atoms with Gasteiger partial charge in [-0.3, -0.25) is 9.69 Å². The minimum absolute atomic E-state index is 0.102. The van der Waals surface area contributed by atoms with Crippen LogP contribution in [0.15, 0.2) is 42.6 Å². The van der Waals surface area contributed by atoms with Crippen molar-refractivity contribution < 1.29 is 9.53 Å². The number of hydrogen-bond donors (Lipinski definition) is 1. The number of carbonyl (C=O) groups is 1. The number of benzene rings is 1. The number of aromatic nitrogens is 1. The largest absolute Gasteiger partial charge is 0.481 e. The van der Waals surface area contributed by atoms with Gasteiger partial charge >= 0.3 is 0 Å². The van der Waals surface area contributed by atoms with E-state index in [-0.39, 0.29) is 11.9 Å². The second-order valence-electron chi connectivity index (χ2n) is 6.14. The molecule has 0 saturated heterocycles.